The second kappa shape index (κ2) is 12.4. The molecule has 2 aromatic carbocycles. The molecule has 0 bridgehead atoms. The summed E-state index contributed by atoms with van der Waals surface area (Å²) in [4.78, 5) is 44.6. The highest BCUT2D eigenvalue weighted by molar-refractivity contribution is 5.78. The number of amides is 2. The Hall–Kier alpha value is -4.85. The number of aromatic nitrogens is 4. The first kappa shape index (κ1) is 32.1. The zero-order chi connectivity index (χ0) is 33.5. The Balaban J connectivity index is 1.15. The number of hydrogen-bond donors (Lipinski definition) is 2. The number of fused-ring (bicyclic) bond motifs is 1. The van der Waals surface area contributed by atoms with Gasteiger partial charge in [0.05, 0.1) is 29.5 Å². The highest BCUT2D eigenvalue weighted by atomic mass is 19.1. The lowest BCUT2D eigenvalue weighted by molar-refractivity contribution is 0.0208. The monoisotopic (exact) mass is 640 g/mol. The van der Waals surface area contributed by atoms with Crippen LogP contribution >= 0.6 is 0 Å². The Kier molecular flexibility index (Phi) is 8.47. The molecular formula is C36H41FN6O4. The number of ether oxygens (including phenoxy) is 2. The van der Waals surface area contributed by atoms with Crippen molar-refractivity contribution in [3.8, 4) is 23.1 Å². The quantitative estimate of drug-likeness (QED) is 0.222. The molecule has 0 spiro atoms. The maximum absolute atomic E-state index is 15.2. The highest BCUT2D eigenvalue weighted by Crippen LogP contribution is 2.34. The van der Waals surface area contributed by atoms with E-state index in [2.05, 4.69) is 31.8 Å². The molecule has 2 fully saturated rings. The average Bonchev–Trinajstić information content (AvgIpc) is 3.80. The molecule has 4 aromatic rings. The van der Waals surface area contributed by atoms with Gasteiger partial charge in [0.15, 0.2) is 5.82 Å². The van der Waals surface area contributed by atoms with Gasteiger partial charge in [0.25, 0.3) is 0 Å². The van der Waals surface area contributed by atoms with Gasteiger partial charge in [-0.2, -0.15) is 0 Å². The third-order valence-corrected chi connectivity index (χ3v) is 8.09. The van der Waals surface area contributed by atoms with Crippen LogP contribution in [0.5, 0.6) is 0 Å². The number of halogens is 1. The maximum atomic E-state index is 15.2. The summed E-state index contributed by atoms with van der Waals surface area (Å²) in [6.45, 7) is 12.3. The van der Waals surface area contributed by atoms with Crippen molar-refractivity contribution in [2.45, 2.75) is 90.5 Å². The third kappa shape index (κ3) is 7.27. The molecule has 0 aliphatic carbocycles. The number of hydrogen-bond acceptors (Lipinski definition) is 6. The number of nitrogens with zero attached hydrogens (tertiary/aromatic N) is 4. The Labute approximate surface area is 274 Å². The molecule has 10 nitrogen and oxygen atoms in total. The lowest BCUT2D eigenvalue weighted by Crippen LogP contribution is -2.36. The van der Waals surface area contributed by atoms with E-state index < -0.39 is 23.1 Å². The fraction of sp³-hybridized carbons (Fsp3) is 0.444. The molecular weight excluding hydrogens is 599 g/mol. The number of likely N-dealkylation sites (tertiary alicyclic amines) is 2. The van der Waals surface area contributed by atoms with Crippen LogP contribution in [0.15, 0.2) is 42.6 Å². The molecule has 2 amide bonds. The molecule has 0 unspecified atom stereocenters. The molecule has 2 atom stereocenters. The number of H-pyrrole nitrogens is 2. The summed E-state index contributed by atoms with van der Waals surface area (Å²) in [6.07, 6.45) is 4.28. The average molecular weight is 641 g/mol. The van der Waals surface area contributed by atoms with Gasteiger partial charge < -0.3 is 19.4 Å². The minimum atomic E-state index is -0.608. The first-order valence-electron chi connectivity index (χ1n) is 16.1. The van der Waals surface area contributed by atoms with Crippen LogP contribution in [0.2, 0.25) is 0 Å². The van der Waals surface area contributed by atoms with Crippen LogP contribution in [0, 0.1) is 17.7 Å². The molecule has 2 aromatic heterocycles. The summed E-state index contributed by atoms with van der Waals surface area (Å²) in [5.41, 5.74) is 2.62. The Morgan fingerprint density at radius 2 is 1.40 bits per heavy atom. The normalized spacial score (nSPS) is 18.4. The first-order chi connectivity index (χ1) is 22.2. The van der Waals surface area contributed by atoms with Crippen molar-refractivity contribution >= 4 is 23.2 Å². The number of imidazole rings is 2. The van der Waals surface area contributed by atoms with E-state index in [4.69, 9.17) is 9.47 Å². The molecule has 2 N–H and O–H groups in total. The number of carbonyl (C=O) groups excluding carboxylic acids is 2. The van der Waals surface area contributed by atoms with E-state index in [1.54, 1.807) is 22.1 Å². The van der Waals surface area contributed by atoms with Crippen LogP contribution in [-0.4, -0.2) is 66.2 Å². The van der Waals surface area contributed by atoms with E-state index in [1.807, 2.05) is 65.8 Å². The number of benzene rings is 2. The minimum absolute atomic E-state index is 0.158. The third-order valence-electron chi connectivity index (χ3n) is 8.09. The van der Waals surface area contributed by atoms with E-state index >= 15 is 4.39 Å². The minimum Gasteiger partial charge on any atom is -0.444 e. The zero-order valence-corrected chi connectivity index (χ0v) is 27.7. The van der Waals surface area contributed by atoms with Crippen LogP contribution in [0.1, 0.15) is 102 Å². The van der Waals surface area contributed by atoms with Gasteiger partial charge in [0, 0.05) is 24.2 Å². The van der Waals surface area contributed by atoms with Gasteiger partial charge in [-0.25, -0.2) is 23.9 Å². The van der Waals surface area contributed by atoms with Crippen molar-refractivity contribution in [1.29, 1.82) is 0 Å². The number of nitrogens with one attached hydrogen (secondary N) is 2. The van der Waals surface area contributed by atoms with Crippen molar-refractivity contribution in [2.75, 3.05) is 13.1 Å². The number of rotatable bonds is 3. The van der Waals surface area contributed by atoms with Gasteiger partial charge in [-0.15, -0.1) is 0 Å². The van der Waals surface area contributed by atoms with Gasteiger partial charge in [-0.1, -0.05) is 24.0 Å². The summed E-state index contributed by atoms with van der Waals surface area (Å²) in [7, 11) is 0. The molecule has 6 rings (SSSR count). The molecule has 2 aliphatic heterocycles. The van der Waals surface area contributed by atoms with Crippen molar-refractivity contribution in [3.05, 3.63) is 71.2 Å². The van der Waals surface area contributed by atoms with Crippen molar-refractivity contribution in [2.24, 2.45) is 0 Å². The van der Waals surface area contributed by atoms with Gasteiger partial charge in [0.2, 0.25) is 0 Å². The van der Waals surface area contributed by atoms with Crippen LogP contribution in [0.4, 0.5) is 14.0 Å². The maximum Gasteiger partial charge on any atom is 0.410 e. The molecule has 0 saturated carbocycles. The fourth-order valence-corrected chi connectivity index (χ4v) is 6.03. The highest BCUT2D eigenvalue weighted by Gasteiger charge is 2.36. The van der Waals surface area contributed by atoms with Gasteiger partial charge in [-0.3, -0.25) is 9.80 Å². The van der Waals surface area contributed by atoms with Crippen LogP contribution < -0.4 is 0 Å². The predicted molar refractivity (Wildman–Crippen MR) is 176 cm³/mol. The van der Waals surface area contributed by atoms with E-state index in [9.17, 15) is 9.59 Å². The molecule has 2 aliphatic rings. The molecule has 2 saturated heterocycles. The molecule has 0 radical (unpaired) electrons. The topological polar surface area (TPSA) is 116 Å². The summed E-state index contributed by atoms with van der Waals surface area (Å²) in [6, 6.07) is 10.4. The SMILES string of the molecule is CC(C)(C)OC(=O)N1CCC[C@H]1c1ncc(-c2ccc(C#Cc3cc(F)c4nc([C@@H]5CCCN5C(=O)OC(C)(C)C)[nH]c4c3)cc2)[nH]1. The predicted octanol–water partition coefficient (Wildman–Crippen LogP) is 7.64. The van der Waals surface area contributed by atoms with E-state index in [0.29, 0.717) is 36.4 Å². The Morgan fingerprint density at radius 1 is 0.830 bits per heavy atom. The van der Waals surface area contributed by atoms with Crippen LogP contribution in [0.3, 0.4) is 0 Å². The number of aromatic amines is 2. The molecule has 246 valence electrons. The lowest BCUT2D eigenvalue weighted by Gasteiger charge is -2.27. The van der Waals surface area contributed by atoms with Crippen LogP contribution in [-0.2, 0) is 9.47 Å². The Morgan fingerprint density at radius 3 is 2.00 bits per heavy atom. The van der Waals surface area contributed by atoms with Gasteiger partial charge in [-0.05, 0) is 97.1 Å². The smallest absolute Gasteiger partial charge is 0.410 e. The molecule has 11 heteroatoms. The standard InChI is InChI=1S/C36H41FN6O4/c1-35(2,3)46-33(44)42-17-7-9-28(42)31-38-21-27(40-31)24-15-13-22(14-16-24)11-12-23-19-25(37)30-26(20-23)39-32(41-30)29-10-8-18-43(29)34(45)47-36(4,5)6/h13-16,19-21,28-29H,7-10,17-18H2,1-6H3,(H,38,40)(H,39,41)/t28-,29-/m0/s1. The largest absolute Gasteiger partial charge is 0.444 e. The zero-order valence-electron chi connectivity index (χ0n) is 27.7. The van der Waals surface area contributed by atoms with Crippen molar-refractivity contribution < 1.29 is 23.5 Å². The van der Waals surface area contributed by atoms with E-state index in [-0.39, 0.29) is 23.7 Å². The second-order valence-electron chi connectivity index (χ2n) is 14.1. The van der Waals surface area contributed by atoms with Crippen molar-refractivity contribution in [3.63, 3.8) is 0 Å². The molecule has 47 heavy (non-hydrogen) atoms. The Bertz CT molecular complexity index is 1850. The van der Waals surface area contributed by atoms with Gasteiger partial charge in [0.1, 0.15) is 28.4 Å². The number of carbonyl (C=O) groups is 2. The molecule has 4 heterocycles. The summed E-state index contributed by atoms with van der Waals surface area (Å²) >= 11 is 0. The lowest BCUT2D eigenvalue weighted by atomic mass is 10.1. The van der Waals surface area contributed by atoms with E-state index in [1.165, 1.54) is 6.07 Å². The van der Waals surface area contributed by atoms with Gasteiger partial charge >= 0.3 is 12.2 Å². The second-order valence-corrected chi connectivity index (χ2v) is 14.1. The van der Waals surface area contributed by atoms with Crippen molar-refractivity contribution in [1.82, 2.24) is 29.7 Å². The summed E-state index contributed by atoms with van der Waals surface area (Å²) < 4.78 is 26.3. The summed E-state index contributed by atoms with van der Waals surface area (Å²) in [5, 5.41) is 0. The summed E-state index contributed by atoms with van der Waals surface area (Å²) in [5.74, 6) is 6.98. The fourth-order valence-electron chi connectivity index (χ4n) is 6.03. The van der Waals surface area contributed by atoms with Crippen LogP contribution in [0.25, 0.3) is 22.3 Å². The first-order valence-corrected chi connectivity index (χ1v) is 16.1. The van der Waals surface area contributed by atoms with E-state index in [0.717, 1.165) is 41.9 Å².